The Kier molecular flexibility index (Phi) is 3.31. The molecule has 90 valence electrons. The number of hydrogen-bond acceptors (Lipinski definition) is 6. The van der Waals surface area contributed by atoms with Crippen LogP contribution < -0.4 is 11.3 Å². The first-order valence-corrected chi connectivity index (χ1v) is 5.05. The molecule has 0 aromatic carbocycles. The Morgan fingerprint density at radius 1 is 1.47 bits per heavy atom. The van der Waals surface area contributed by atoms with E-state index in [0.717, 1.165) is 11.4 Å². The average molecular weight is 234 g/mol. The van der Waals surface area contributed by atoms with Crippen molar-refractivity contribution in [1.82, 2.24) is 19.5 Å². The van der Waals surface area contributed by atoms with Crippen molar-refractivity contribution in [2.45, 2.75) is 6.61 Å². The van der Waals surface area contributed by atoms with Crippen LogP contribution in [-0.2, 0) is 18.4 Å². The Morgan fingerprint density at radius 3 is 2.88 bits per heavy atom. The van der Waals surface area contributed by atoms with E-state index in [9.17, 15) is 0 Å². The van der Waals surface area contributed by atoms with Gasteiger partial charge in [-0.15, -0.1) is 0 Å². The van der Waals surface area contributed by atoms with Gasteiger partial charge in [0.05, 0.1) is 24.8 Å². The fourth-order valence-electron chi connectivity index (χ4n) is 1.48. The topological polar surface area (TPSA) is 90.9 Å². The molecule has 0 amide bonds. The van der Waals surface area contributed by atoms with Gasteiger partial charge in [0.2, 0.25) is 0 Å². The number of nitrogens with one attached hydrogen (secondary N) is 1. The molecule has 0 saturated heterocycles. The molecule has 3 N–H and O–H groups in total. The second kappa shape index (κ2) is 4.89. The Labute approximate surface area is 98.6 Å². The van der Waals surface area contributed by atoms with Gasteiger partial charge < -0.3 is 14.7 Å². The summed E-state index contributed by atoms with van der Waals surface area (Å²) in [5, 5.41) is 0. The first-order valence-electron chi connectivity index (χ1n) is 5.05. The number of methoxy groups -OCH3 is 1. The van der Waals surface area contributed by atoms with E-state index in [-0.39, 0.29) is 0 Å². The molecule has 0 atom stereocenters. The summed E-state index contributed by atoms with van der Waals surface area (Å²) in [5.74, 6) is 6.48. The number of aryl methyl sites for hydroxylation is 1. The molecule has 7 nitrogen and oxygen atoms in total. The summed E-state index contributed by atoms with van der Waals surface area (Å²) in [5.41, 5.74) is 4.09. The Hall–Kier alpha value is -1.99. The van der Waals surface area contributed by atoms with Crippen molar-refractivity contribution in [1.29, 1.82) is 0 Å². The number of nitrogen functional groups attached to an aromatic ring is 1. The lowest BCUT2D eigenvalue weighted by molar-refractivity contribution is 0.181. The highest BCUT2D eigenvalue weighted by Gasteiger charge is 2.09. The molecular weight excluding hydrogens is 220 g/mol. The van der Waals surface area contributed by atoms with Crippen molar-refractivity contribution in [3.8, 4) is 11.5 Å². The van der Waals surface area contributed by atoms with E-state index in [1.807, 2.05) is 11.6 Å². The van der Waals surface area contributed by atoms with E-state index in [0.29, 0.717) is 18.2 Å². The first kappa shape index (κ1) is 11.5. The second-order valence-electron chi connectivity index (χ2n) is 3.54. The summed E-state index contributed by atoms with van der Waals surface area (Å²) in [4.78, 5) is 12.7. The zero-order valence-electron chi connectivity index (χ0n) is 9.71. The standard InChI is InChI=1S/C10H14N6O/c1-16-6-12-4-8(16)10-13-7(5-17-2)3-9(14-10)15-11/h3-4,6H,5,11H2,1-2H3,(H,13,14,15). The third kappa shape index (κ3) is 2.40. The van der Waals surface area contributed by atoms with Gasteiger partial charge in [-0.1, -0.05) is 0 Å². The van der Waals surface area contributed by atoms with Crippen LogP contribution in [0, 0.1) is 0 Å². The number of aromatic nitrogens is 4. The van der Waals surface area contributed by atoms with Gasteiger partial charge in [0.1, 0.15) is 11.5 Å². The summed E-state index contributed by atoms with van der Waals surface area (Å²) < 4.78 is 6.89. The highest BCUT2D eigenvalue weighted by Crippen LogP contribution is 2.16. The average Bonchev–Trinajstić information content (AvgIpc) is 2.75. The van der Waals surface area contributed by atoms with Crippen LogP contribution >= 0.6 is 0 Å². The normalized spacial score (nSPS) is 10.5. The third-order valence-corrected chi connectivity index (χ3v) is 2.27. The van der Waals surface area contributed by atoms with Crippen LogP contribution in [0.3, 0.4) is 0 Å². The van der Waals surface area contributed by atoms with Crippen LogP contribution in [0.1, 0.15) is 5.69 Å². The summed E-state index contributed by atoms with van der Waals surface area (Å²) in [6.07, 6.45) is 3.39. The first-order chi connectivity index (χ1) is 8.24. The molecule has 0 radical (unpaired) electrons. The van der Waals surface area contributed by atoms with Gasteiger partial charge in [-0.05, 0) is 0 Å². The van der Waals surface area contributed by atoms with E-state index >= 15 is 0 Å². The van der Waals surface area contributed by atoms with Crippen molar-refractivity contribution < 1.29 is 4.74 Å². The SMILES string of the molecule is COCc1cc(NN)nc(-c2cncn2C)n1. The van der Waals surface area contributed by atoms with E-state index in [1.165, 1.54) is 0 Å². The Morgan fingerprint density at radius 2 is 2.29 bits per heavy atom. The number of hydrazine groups is 1. The highest BCUT2D eigenvalue weighted by molar-refractivity contribution is 5.52. The van der Waals surface area contributed by atoms with Crippen LogP contribution in [0.25, 0.3) is 11.5 Å². The molecule has 2 aromatic heterocycles. The number of nitrogens with two attached hydrogens (primary N) is 1. The van der Waals surface area contributed by atoms with E-state index in [2.05, 4.69) is 20.4 Å². The van der Waals surface area contributed by atoms with E-state index < -0.39 is 0 Å². The maximum absolute atomic E-state index is 5.37. The van der Waals surface area contributed by atoms with Crippen LogP contribution in [0.5, 0.6) is 0 Å². The molecule has 2 aromatic rings. The molecule has 0 aliphatic carbocycles. The smallest absolute Gasteiger partial charge is 0.180 e. The summed E-state index contributed by atoms with van der Waals surface area (Å²) in [7, 11) is 3.49. The van der Waals surface area contributed by atoms with Crippen LogP contribution in [0.2, 0.25) is 0 Å². The monoisotopic (exact) mass is 234 g/mol. The minimum absolute atomic E-state index is 0.405. The Bertz CT molecular complexity index is 509. The quantitative estimate of drug-likeness (QED) is 0.584. The predicted octanol–water partition coefficient (Wildman–Crippen LogP) is 0.309. The highest BCUT2D eigenvalue weighted by atomic mass is 16.5. The number of anilines is 1. The lowest BCUT2D eigenvalue weighted by Crippen LogP contribution is -2.11. The molecule has 7 heteroatoms. The molecule has 0 bridgehead atoms. The van der Waals surface area contributed by atoms with Crippen LogP contribution in [0.15, 0.2) is 18.6 Å². The maximum atomic E-state index is 5.37. The Balaban J connectivity index is 2.46. The van der Waals surface area contributed by atoms with Gasteiger partial charge in [0.25, 0.3) is 0 Å². The summed E-state index contributed by atoms with van der Waals surface area (Å²) >= 11 is 0. The van der Waals surface area contributed by atoms with Crippen molar-refractivity contribution in [2.75, 3.05) is 12.5 Å². The molecule has 2 rings (SSSR count). The van der Waals surface area contributed by atoms with Crippen molar-refractivity contribution in [3.05, 3.63) is 24.3 Å². The van der Waals surface area contributed by atoms with E-state index in [4.69, 9.17) is 10.6 Å². The van der Waals surface area contributed by atoms with Crippen molar-refractivity contribution >= 4 is 5.82 Å². The van der Waals surface area contributed by atoms with Crippen LogP contribution in [0.4, 0.5) is 5.82 Å². The second-order valence-corrected chi connectivity index (χ2v) is 3.54. The molecular formula is C10H14N6O. The number of hydrogen-bond donors (Lipinski definition) is 2. The van der Waals surface area contributed by atoms with Gasteiger partial charge in [0.15, 0.2) is 5.82 Å². The van der Waals surface area contributed by atoms with Gasteiger partial charge >= 0.3 is 0 Å². The maximum Gasteiger partial charge on any atom is 0.180 e. The molecule has 17 heavy (non-hydrogen) atoms. The van der Waals surface area contributed by atoms with Gasteiger partial charge in [-0.2, -0.15) is 0 Å². The molecule has 0 spiro atoms. The van der Waals surface area contributed by atoms with Gasteiger partial charge in [0, 0.05) is 20.2 Å². The minimum atomic E-state index is 0.405. The number of rotatable bonds is 4. The third-order valence-electron chi connectivity index (χ3n) is 2.27. The molecule has 0 saturated carbocycles. The molecule has 0 aliphatic rings. The molecule has 0 aliphatic heterocycles. The number of nitrogens with zero attached hydrogens (tertiary/aromatic N) is 4. The zero-order valence-corrected chi connectivity index (χ0v) is 9.71. The summed E-state index contributed by atoms with van der Waals surface area (Å²) in [6, 6.07) is 1.74. The molecule has 0 unspecified atom stereocenters. The lowest BCUT2D eigenvalue weighted by Gasteiger charge is -2.07. The molecule has 0 fully saturated rings. The fraction of sp³-hybridized carbons (Fsp3) is 0.300. The number of ether oxygens (including phenoxy) is 1. The number of imidazole rings is 1. The lowest BCUT2D eigenvalue weighted by atomic mass is 10.3. The fourth-order valence-corrected chi connectivity index (χ4v) is 1.48. The van der Waals surface area contributed by atoms with Crippen molar-refractivity contribution in [2.24, 2.45) is 12.9 Å². The zero-order chi connectivity index (χ0) is 12.3. The van der Waals surface area contributed by atoms with Crippen molar-refractivity contribution in [3.63, 3.8) is 0 Å². The van der Waals surface area contributed by atoms with Gasteiger partial charge in [-0.3, -0.25) is 0 Å². The van der Waals surface area contributed by atoms with Crippen LogP contribution in [-0.4, -0.2) is 26.6 Å². The molecule has 2 heterocycles. The van der Waals surface area contributed by atoms with E-state index in [1.54, 1.807) is 25.7 Å². The summed E-state index contributed by atoms with van der Waals surface area (Å²) in [6.45, 7) is 0.405. The largest absolute Gasteiger partial charge is 0.378 e. The predicted molar refractivity (Wildman–Crippen MR) is 62.8 cm³/mol. The minimum Gasteiger partial charge on any atom is -0.378 e. The van der Waals surface area contributed by atoms with Gasteiger partial charge in [-0.25, -0.2) is 20.8 Å².